The van der Waals surface area contributed by atoms with Gasteiger partial charge in [-0.1, -0.05) is 29.0 Å². The summed E-state index contributed by atoms with van der Waals surface area (Å²) < 4.78 is 5.04. The molecule has 3 nitrogen and oxygen atoms in total. The van der Waals surface area contributed by atoms with Crippen LogP contribution in [0.2, 0.25) is 0 Å². The molecule has 0 saturated heterocycles. The van der Waals surface area contributed by atoms with Gasteiger partial charge < -0.3 is 4.74 Å². The van der Waals surface area contributed by atoms with Gasteiger partial charge in [0.15, 0.2) is 0 Å². The fourth-order valence-corrected chi connectivity index (χ4v) is 3.45. The molecule has 0 aliphatic heterocycles. The highest BCUT2D eigenvalue weighted by Crippen LogP contribution is 2.37. The lowest BCUT2D eigenvalue weighted by Crippen LogP contribution is -2.05. The Morgan fingerprint density at radius 3 is 2.68 bits per heavy atom. The number of ether oxygens (including phenoxy) is 1. The van der Waals surface area contributed by atoms with Crippen LogP contribution >= 0.6 is 21.6 Å². The molecule has 0 aliphatic carbocycles. The van der Waals surface area contributed by atoms with Crippen molar-refractivity contribution in [2.24, 2.45) is 0 Å². The molecular weight excluding hydrogens is 278 g/mol. The van der Waals surface area contributed by atoms with Gasteiger partial charge in [0.2, 0.25) is 0 Å². The molecule has 0 spiro atoms. The fraction of sp³-hybridized carbons (Fsp3) is 0.143. The van der Waals surface area contributed by atoms with E-state index < -0.39 is 0 Å². The number of carbonyl (C=O) groups excluding carboxylic acids is 1. The molecule has 0 fully saturated rings. The summed E-state index contributed by atoms with van der Waals surface area (Å²) in [6, 6.07) is 13.2. The van der Waals surface area contributed by atoms with Crippen molar-refractivity contribution in [3.63, 3.8) is 0 Å². The van der Waals surface area contributed by atoms with Crippen LogP contribution in [0.15, 0.2) is 58.6 Å². The van der Waals surface area contributed by atoms with Crippen LogP contribution in [-0.2, 0) is 4.74 Å². The molecule has 0 saturated carbocycles. The maximum atomic E-state index is 11.8. The number of esters is 1. The van der Waals surface area contributed by atoms with Crippen molar-refractivity contribution < 1.29 is 9.53 Å². The zero-order chi connectivity index (χ0) is 13.5. The van der Waals surface area contributed by atoms with Gasteiger partial charge in [0.1, 0.15) is 5.03 Å². The minimum Gasteiger partial charge on any atom is -0.462 e. The van der Waals surface area contributed by atoms with Crippen LogP contribution in [-0.4, -0.2) is 17.6 Å². The molecule has 1 aromatic carbocycles. The fourth-order valence-electron chi connectivity index (χ4n) is 1.40. The first kappa shape index (κ1) is 14.0. The second-order valence-electron chi connectivity index (χ2n) is 3.55. The van der Waals surface area contributed by atoms with Gasteiger partial charge in [-0.2, -0.15) is 0 Å². The van der Waals surface area contributed by atoms with Crippen LogP contribution in [0.5, 0.6) is 0 Å². The van der Waals surface area contributed by atoms with Gasteiger partial charge in [0.05, 0.1) is 12.2 Å². The van der Waals surface area contributed by atoms with Crippen LogP contribution in [0.3, 0.4) is 0 Å². The number of hydrogen-bond donors (Lipinski definition) is 0. The van der Waals surface area contributed by atoms with E-state index in [0.717, 1.165) is 9.92 Å². The third-order valence-electron chi connectivity index (χ3n) is 2.24. The topological polar surface area (TPSA) is 39.2 Å². The van der Waals surface area contributed by atoms with Crippen LogP contribution in [0.25, 0.3) is 0 Å². The number of hydrogen-bond acceptors (Lipinski definition) is 5. The van der Waals surface area contributed by atoms with Crippen molar-refractivity contribution >= 4 is 27.6 Å². The summed E-state index contributed by atoms with van der Waals surface area (Å²) in [7, 11) is 3.03. The summed E-state index contributed by atoms with van der Waals surface area (Å²) >= 11 is 0. The first-order chi connectivity index (χ1) is 9.31. The zero-order valence-corrected chi connectivity index (χ0v) is 12.0. The van der Waals surface area contributed by atoms with Gasteiger partial charge in [-0.25, -0.2) is 9.78 Å². The summed E-state index contributed by atoms with van der Waals surface area (Å²) in [5, 5.41) is 0.908. The van der Waals surface area contributed by atoms with Crippen molar-refractivity contribution in [2.45, 2.75) is 16.8 Å². The van der Waals surface area contributed by atoms with E-state index in [9.17, 15) is 4.79 Å². The van der Waals surface area contributed by atoms with Crippen molar-refractivity contribution in [3.05, 3.63) is 54.2 Å². The molecule has 5 heteroatoms. The van der Waals surface area contributed by atoms with E-state index in [4.69, 9.17) is 4.74 Å². The molecule has 2 aromatic rings. The smallest absolute Gasteiger partial charge is 0.339 e. The van der Waals surface area contributed by atoms with Crippen molar-refractivity contribution in [2.75, 3.05) is 6.61 Å². The second kappa shape index (κ2) is 7.21. The molecule has 0 unspecified atom stereocenters. The minimum absolute atomic E-state index is 0.285. The van der Waals surface area contributed by atoms with Crippen LogP contribution in [0.4, 0.5) is 0 Å². The van der Waals surface area contributed by atoms with E-state index in [1.54, 1.807) is 19.2 Å². The number of benzene rings is 1. The van der Waals surface area contributed by atoms with Crippen molar-refractivity contribution in [3.8, 4) is 0 Å². The summed E-state index contributed by atoms with van der Waals surface area (Å²) in [5.41, 5.74) is 0.595. The van der Waals surface area contributed by atoms with Crippen molar-refractivity contribution in [1.82, 2.24) is 4.98 Å². The van der Waals surface area contributed by atoms with Gasteiger partial charge in [0, 0.05) is 11.1 Å². The highest BCUT2D eigenvalue weighted by molar-refractivity contribution is 8.76. The zero-order valence-electron chi connectivity index (χ0n) is 10.4. The molecule has 1 aromatic heterocycles. The Morgan fingerprint density at radius 2 is 1.95 bits per heavy atom. The first-order valence-corrected chi connectivity index (χ1v) is 7.98. The molecule has 98 valence electrons. The van der Waals surface area contributed by atoms with Crippen LogP contribution in [0, 0.1) is 0 Å². The van der Waals surface area contributed by atoms with E-state index in [1.807, 2.05) is 36.4 Å². The summed E-state index contributed by atoms with van der Waals surface area (Å²) in [6.45, 7) is 2.18. The number of carbonyl (C=O) groups is 1. The molecule has 2 rings (SSSR count). The maximum Gasteiger partial charge on any atom is 0.339 e. The Hall–Kier alpha value is -1.46. The highest BCUT2D eigenvalue weighted by atomic mass is 33.1. The number of nitrogens with zero attached hydrogens (tertiary/aromatic N) is 1. The predicted octanol–water partition coefficient (Wildman–Crippen LogP) is 4.06. The maximum absolute atomic E-state index is 11.8. The van der Waals surface area contributed by atoms with E-state index in [2.05, 4.69) is 4.98 Å². The predicted molar refractivity (Wildman–Crippen MR) is 78.3 cm³/mol. The number of pyridine rings is 1. The number of aromatic nitrogens is 1. The lowest BCUT2D eigenvalue weighted by Gasteiger charge is -2.07. The van der Waals surface area contributed by atoms with Crippen LogP contribution < -0.4 is 0 Å². The molecule has 0 bridgehead atoms. The lowest BCUT2D eigenvalue weighted by atomic mass is 10.2. The largest absolute Gasteiger partial charge is 0.462 e. The average Bonchev–Trinajstić information content (AvgIpc) is 2.47. The third-order valence-corrected chi connectivity index (χ3v) is 4.57. The molecule has 19 heavy (non-hydrogen) atoms. The Labute approximate surface area is 120 Å². The number of rotatable bonds is 5. The molecular formula is C14H13NO2S2. The third kappa shape index (κ3) is 4.01. The summed E-state index contributed by atoms with van der Waals surface area (Å²) in [5.74, 6) is -0.285. The van der Waals surface area contributed by atoms with E-state index in [-0.39, 0.29) is 5.97 Å². The highest BCUT2D eigenvalue weighted by Gasteiger charge is 2.12. The van der Waals surface area contributed by atoms with Gasteiger partial charge in [-0.05, 0) is 42.0 Å². The molecule has 0 radical (unpaired) electrons. The summed E-state index contributed by atoms with van der Waals surface area (Å²) in [6.07, 6.45) is 1.75. The van der Waals surface area contributed by atoms with Gasteiger partial charge in [0.25, 0.3) is 0 Å². The SMILES string of the molecule is CCOC(=O)c1ccccc1SSc1ccccn1. The van der Waals surface area contributed by atoms with E-state index >= 15 is 0 Å². The molecule has 0 atom stereocenters. The average molecular weight is 291 g/mol. The second-order valence-corrected chi connectivity index (χ2v) is 5.74. The molecule has 1 heterocycles. The Balaban J connectivity index is 2.10. The van der Waals surface area contributed by atoms with Crippen LogP contribution in [0.1, 0.15) is 17.3 Å². The molecule has 0 N–H and O–H groups in total. The monoisotopic (exact) mass is 291 g/mol. The van der Waals surface area contributed by atoms with E-state index in [0.29, 0.717) is 12.2 Å². The normalized spacial score (nSPS) is 10.2. The van der Waals surface area contributed by atoms with Crippen molar-refractivity contribution in [1.29, 1.82) is 0 Å². The Bertz CT molecular complexity index is 546. The van der Waals surface area contributed by atoms with Gasteiger partial charge >= 0.3 is 5.97 Å². The minimum atomic E-state index is -0.285. The van der Waals surface area contributed by atoms with Gasteiger partial charge in [-0.15, -0.1) is 0 Å². The summed E-state index contributed by atoms with van der Waals surface area (Å²) in [4.78, 5) is 16.9. The van der Waals surface area contributed by atoms with Gasteiger partial charge in [-0.3, -0.25) is 0 Å². The lowest BCUT2D eigenvalue weighted by molar-refractivity contribution is 0.0522. The Morgan fingerprint density at radius 1 is 1.16 bits per heavy atom. The quantitative estimate of drug-likeness (QED) is 0.613. The van der Waals surface area contributed by atoms with E-state index in [1.165, 1.54) is 21.6 Å². The molecule has 0 amide bonds. The Kier molecular flexibility index (Phi) is 5.30. The first-order valence-electron chi connectivity index (χ1n) is 5.83. The molecule has 0 aliphatic rings. The standard InChI is InChI=1S/C14H13NO2S2/c1-2-17-14(16)11-7-3-4-8-12(11)18-19-13-9-5-6-10-15-13/h3-10H,2H2,1H3.